The van der Waals surface area contributed by atoms with Crippen LogP contribution in [0.25, 0.3) is 10.9 Å². The van der Waals surface area contributed by atoms with Crippen molar-refractivity contribution in [2.24, 2.45) is 22.9 Å². The van der Waals surface area contributed by atoms with Crippen molar-refractivity contribution in [1.82, 2.24) is 4.57 Å². The maximum atomic E-state index is 15.2. The van der Waals surface area contributed by atoms with Crippen LogP contribution in [0.1, 0.15) is 111 Å². The summed E-state index contributed by atoms with van der Waals surface area (Å²) in [6.07, 6.45) is 7.91. The molecule has 14 nitrogen and oxygen atoms in total. The highest BCUT2D eigenvalue weighted by atomic mass is 19.1. The number of aryl methyl sites for hydroxylation is 3. The largest absolute Gasteiger partial charge is 0.494 e. The topological polar surface area (TPSA) is 267 Å². The molecule has 0 aliphatic rings. The van der Waals surface area contributed by atoms with Crippen molar-refractivity contribution in [1.29, 1.82) is 0 Å². The van der Waals surface area contributed by atoms with E-state index in [4.69, 9.17) is 48.1 Å². The second kappa shape index (κ2) is 29.5. The van der Waals surface area contributed by atoms with E-state index < -0.39 is 41.8 Å². The Labute approximate surface area is 374 Å². The molecule has 0 aliphatic heterocycles. The zero-order valence-electron chi connectivity index (χ0n) is 36.9. The van der Waals surface area contributed by atoms with E-state index in [9.17, 15) is 23.6 Å². The van der Waals surface area contributed by atoms with E-state index in [0.29, 0.717) is 80.4 Å². The molecule has 16 heteroatoms. The van der Waals surface area contributed by atoms with Crippen LogP contribution in [-0.2, 0) is 38.6 Å². The first-order chi connectivity index (χ1) is 30.5. The van der Waals surface area contributed by atoms with Gasteiger partial charge in [0.1, 0.15) is 29.5 Å². The van der Waals surface area contributed by atoms with E-state index in [1.807, 2.05) is 41.8 Å². The van der Waals surface area contributed by atoms with Gasteiger partial charge in [-0.05, 0) is 150 Å². The summed E-state index contributed by atoms with van der Waals surface area (Å²) in [5.74, 6) is 2.77. The van der Waals surface area contributed by atoms with E-state index in [-0.39, 0.29) is 18.7 Å². The third-order valence-electron chi connectivity index (χ3n) is 10.4. The van der Waals surface area contributed by atoms with Crippen molar-refractivity contribution in [2.45, 2.75) is 122 Å². The maximum absolute atomic E-state index is 15.2. The van der Waals surface area contributed by atoms with Crippen molar-refractivity contribution < 1.29 is 53.1 Å². The predicted octanol–water partition coefficient (Wildman–Crippen LogP) is 6.66. The molecule has 3 aromatic carbocycles. The average Bonchev–Trinajstić information content (AvgIpc) is 3.53. The minimum Gasteiger partial charge on any atom is -0.494 e. The van der Waals surface area contributed by atoms with E-state index in [0.717, 1.165) is 73.1 Å². The lowest BCUT2D eigenvalue weighted by atomic mass is 10.0. The number of carbonyl (C=O) groups is 4. The van der Waals surface area contributed by atoms with Crippen LogP contribution in [0.4, 0.5) is 8.78 Å². The van der Waals surface area contributed by atoms with Crippen LogP contribution < -0.4 is 27.7 Å². The Balaban J connectivity index is 0.000000581. The van der Waals surface area contributed by atoms with Gasteiger partial charge in [0.15, 0.2) is 0 Å². The van der Waals surface area contributed by atoms with Gasteiger partial charge in [-0.1, -0.05) is 36.8 Å². The van der Waals surface area contributed by atoms with Crippen LogP contribution >= 0.6 is 0 Å². The summed E-state index contributed by atoms with van der Waals surface area (Å²) in [5.41, 5.74) is 26.0. The molecule has 0 radical (unpaired) electrons. The molecule has 0 amide bonds. The van der Waals surface area contributed by atoms with E-state index in [1.165, 1.54) is 12.1 Å². The number of carboxylic acids is 4. The molecule has 0 spiro atoms. The van der Waals surface area contributed by atoms with Crippen LogP contribution in [0, 0.1) is 37.3 Å². The fourth-order valence-corrected chi connectivity index (χ4v) is 6.71. The molecule has 64 heavy (non-hydrogen) atoms. The average molecular weight is 894 g/mol. The molecule has 4 rings (SSSR count). The number of aliphatic carboxylic acids is 4. The summed E-state index contributed by atoms with van der Waals surface area (Å²) < 4.78 is 36.7. The lowest BCUT2D eigenvalue weighted by Crippen LogP contribution is -2.29. The van der Waals surface area contributed by atoms with Crippen molar-refractivity contribution >= 4 is 34.8 Å². The zero-order chi connectivity index (χ0) is 47.6. The Kier molecular flexibility index (Phi) is 25.0. The molecule has 0 aliphatic carbocycles. The van der Waals surface area contributed by atoms with Gasteiger partial charge in [0, 0.05) is 41.6 Å². The van der Waals surface area contributed by atoms with Crippen molar-refractivity contribution in [2.75, 3.05) is 19.7 Å². The summed E-state index contributed by atoms with van der Waals surface area (Å²) in [4.78, 5) is 42.5. The highest BCUT2D eigenvalue weighted by Crippen LogP contribution is 2.32. The summed E-state index contributed by atoms with van der Waals surface area (Å²) in [6.45, 7) is 5.78. The minimum absolute atomic E-state index is 0.0229. The first kappa shape index (κ1) is 54.3. The number of halogens is 2. The molecule has 12 N–H and O–H groups in total. The number of ether oxygens (including phenoxy) is 1. The van der Waals surface area contributed by atoms with Crippen LogP contribution in [-0.4, -0.2) is 80.7 Å². The molecule has 350 valence electrons. The summed E-state index contributed by atoms with van der Waals surface area (Å²) in [7, 11) is 0. The molecule has 1 heterocycles. The first-order valence-corrected chi connectivity index (χ1v) is 21.6. The van der Waals surface area contributed by atoms with Gasteiger partial charge in [-0.2, -0.15) is 0 Å². The van der Waals surface area contributed by atoms with Gasteiger partial charge in [0.2, 0.25) is 0 Å². The molecule has 4 aromatic rings. The molecule has 0 fully saturated rings. The Morgan fingerprint density at radius 1 is 0.688 bits per heavy atom. The third-order valence-corrected chi connectivity index (χ3v) is 10.4. The first-order valence-electron chi connectivity index (χ1n) is 21.6. The van der Waals surface area contributed by atoms with Gasteiger partial charge in [0.25, 0.3) is 0 Å². The summed E-state index contributed by atoms with van der Waals surface area (Å²) >= 11 is 0. The number of aromatic nitrogens is 1. The highest BCUT2D eigenvalue weighted by molar-refractivity contribution is 5.91. The van der Waals surface area contributed by atoms with Gasteiger partial charge in [-0.15, -0.1) is 0 Å². The Morgan fingerprint density at radius 2 is 1.28 bits per heavy atom. The van der Waals surface area contributed by atoms with Crippen LogP contribution in [0.15, 0.2) is 54.6 Å². The monoisotopic (exact) mass is 893 g/mol. The number of hydrogen-bond donors (Lipinski definition) is 8. The van der Waals surface area contributed by atoms with Gasteiger partial charge < -0.3 is 52.7 Å². The predicted molar refractivity (Wildman–Crippen MR) is 243 cm³/mol. The number of unbranched alkanes of at least 4 members (excludes halogenated alkanes) is 3. The lowest BCUT2D eigenvalue weighted by Gasteiger charge is -2.09. The summed E-state index contributed by atoms with van der Waals surface area (Å²) in [6, 6.07) is 14.1. The van der Waals surface area contributed by atoms with E-state index in [2.05, 4.69) is 11.8 Å². The van der Waals surface area contributed by atoms with E-state index in [1.54, 1.807) is 19.1 Å². The van der Waals surface area contributed by atoms with Crippen molar-refractivity contribution in [3.63, 3.8) is 0 Å². The third kappa shape index (κ3) is 19.3. The molecule has 0 saturated carbocycles. The fourth-order valence-electron chi connectivity index (χ4n) is 6.71. The maximum Gasteiger partial charge on any atom is 0.320 e. The standard InChI is InChI=1S/C36H37F2NO5.2C6H14N2O2/c1-24-27(9-5-11-31(24)37)8-3-4-23-44-29-19-15-26(16-20-29)14-17-28-18-21-32(38)35-30(10-6-12-33(40)41)25(2)39(36(28)35)22-7-13-34(42)43;2*7-4-2-1-3-5(8)6(9)10/h5,9,11,15-16,18-21H,3-4,6-8,10,12-13,22-23H2,1-2H3,(H,40,41)(H,42,43);2*5H,1-4,7-8H2,(H,9,10). The number of rotatable bonds is 24. The fraction of sp³-hybridized carbons (Fsp3) is 0.458. The number of fused-ring (bicyclic) bond motifs is 1. The van der Waals surface area contributed by atoms with Gasteiger partial charge in [0.05, 0.1) is 12.1 Å². The van der Waals surface area contributed by atoms with Crippen LogP contribution in [0.2, 0.25) is 0 Å². The number of benzene rings is 3. The highest BCUT2D eigenvalue weighted by Gasteiger charge is 2.20. The molecule has 2 atom stereocenters. The van der Waals surface area contributed by atoms with Gasteiger partial charge in [-0.25, -0.2) is 8.78 Å². The molecule has 1 aromatic heterocycles. The molecular weight excluding hydrogens is 829 g/mol. The molecule has 2 unspecified atom stereocenters. The lowest BCUT2D eigenvalue weighted by molar-refractivity contribution is -0.139. The second-order valence-electron chi connectivity index (χ2n) is 15.3. The number of carboxylic acid groups (broad SMARTS) is 4. The Morgan fingerprint density at radius 3 is 1.84 bits per heavy atom. The smallest absolute Gasteiger partial charge is 0.320 e. The van der Waals surface area contributed by atoms with Crippen molar-refractivity contribution in [3.05, 3.63) is 99.7 Å². The quantitative estimate of drug-likeness (QED) is 0.0270. The number of hydrogen-bond acceptors (Lipinski definition) is 9. The SMILES string of the molecule is Cc1c(F)cccc1CCCCOc1ccc(C#Cc2ccc(F)c3c(CCCC(=O)O)c(C)n(CCCC(=O)O)c23)cc1.NCCCCC(N)C(=O)O.NCCCCC(N)C(=O)O. The zero-order valence-corrected chi connectivity index (χ0v) is 36.9. The second-order valence-corrected chi connectivity index (χ2v) is 15.3. The minimum atomic E-state index is -0.933. The van der Waals surface area contributed by atoms with E-state index >= 15 is 4.39 Å². The Bertz CT molecular complexity index is 2140. The van der Waals surface area contributed by atoms with Crippen LogP contribution in [0.3, 0.4) is 0 Å². The number of nitrogens with two attached hydrogens (primary N) is 4. The van der Waals surface area contributed by atoms with Gasteiger partial charge >= 0.3 is 23.9 Å². The normalized spacial score (nSPS) is 11.6. The van der Waals surface area contributed by atoms with Crippen LogP contribution in [0.5, 0.6) is 5.75 Å². The Hall–Kier alpha value is -5.86. The molecule has 0 saturated heterocycles. The molecular formula is C48H65F2N5O9. The summed E-state index contributed by atoms with van der Waals surface area (Å²) in [5, 5.41) is 35.3. The number of nitrogens with zero attached hydrogens (tertiary/aromatic N) is 1. The molecule has 0 bridgehead atoms. The van der Waals surface area contributed by atoms with Crippen molar-refractivity contribution in [3.8, 4) is 17.6 Å². The van der Waals surface area contributed by atoms with Gasteiger partial charge in [-0.3, -0.25) is 19.2 Å².